The van der Waals surface area contributed by atoms with Crippen molar-refractivity contribution < 1.29 is 13.5 Å². The van der Waals surface area contributed by atoms with Crippen molar-refractivity contribution in [3.8, 4) is 0 Å². The van der Waals surface area contributed by atoms with Gasteiger partial charge in [-0.2, -0.15) is 0 Å². The Bertz CT molecular complexity index is 582. The number of ether oxygens (including phenoxy) is 1. The van der Waals surface area contributed by atoms with Gasteiger partial charge in [0.2, 0.25) is 0 Å². The molecule has 1 aromatic rings. The summed E-state index contributed by atoms with van der Waals surface area (Å²) in [6, 6.07) is 4.53. The highest BCUT2D eigenvalue weighted by molar-refractivity contribution is 8.13. The van der Waals surface area contributed by atoms with Crippen molar-refractivity contribution in [2.75, 3.05) is 24.8 Å². The van der Waals surface area contributed by atoms with Gasteiger partial charge in [-0.3, -0.25) is 4.99 Å². The van der Waals surface area contributed by atoms with E-state index in [0.29, 0.717) is 24.3 Å². The molecule has 23 heavy (non-hydrogen) atoms. The molecule has 0 spiro atoms. The SMILES string of the molecule is CC.CC1=NC2(c3cc(N)ccc3F)CC(CF)OCC2CS1. The highest BCUT2D eigenvalue weighted by Crippen LogP contribution is 2.48. The number of aliphatic imine (C=N–C) groups is 1. The average molecular weight is 342 g/mol. The minimum absolute atomic E-state index is 0.0327. The number of hydrogen-bond acceptors (Lipinski definition) is 4. The second kappa shape index (κ2) is 7.62. The lowest BCUT2D eigenvalue weighted by Gasteiger charge is -2.46. The fourth-order valence-electron chi connectivity index (χ4n) is 3.18. The van der Waals surface area contributed by atoms with Gasteiger partial charge >= 0.3 is 0 Å². The standard InChI is InChI=1S/C15H18F2N2OS.C2H6/c1-9-19-15(13-4-11(18)2-3-14(13)17)5-12(6-16)20-7-10(15)8-21-9;1-2/h2-4,10,12H,5-8,18H2,1H3;1-2H3. The van der Waals surface area contributed by atoms with Crippen LogP contribution in [0.25, 0.3) is 0 Å². The first-order valence-electron chi connectivity index (χ1n) is 7.97. The number of nitrogens with two attached hydrogens (primary N) is 1. The maximum Gasteiger partial charge on any atom is 0.129 e. The van der Waals surface area contributed by atoms with Gasteiger partial charge in [0, 0.05) is 29.3 Å². The summed E-state index contributed by atoms with van der Waals surface area (Å²) in [4.78, 5) is 4.74. The number of nitrogen functional groups attached to an aromatic ring is 1. The summed E-state index contributed by atoms with van der Waals surface area (Å²) >= 11 is 1.64. The third-order valence-electron chi connectivity index (χ3n) is 4.23. The summed E-state index contributed by atoms with van der Waals surface area (Å²) in [5, 5.41) is 0.896. The fourth-order valence-corrected chi connectivity index (χ4v) is 4.23. The first-order chi connectivity index (χ1) is 11.0. The summed E-state index contributed by atoms with van der Waals surface area (Å²) in [6.45, 7) is 5.72. The number of thioether (sulfide) groups is 1. The van der Waals surface area contributed by atoms with E-state index in [1.807, 2.05) is 20.8 Å². The molecule has 3 unspecified atom stereocenters. The Morgan fingerprint density at radius 3 is 2.87 bits per heavy atom. The lowest BCUT2D eigenvalue weighted by Crippen LogP contribution is -2.49. The van der Waals surface area contributed by atoms with Crippen LogP contribution in [0, 0.1) is 11.7 Å². The maximum atomic E-state index is 14.4. The summed E-state index contributed by atoms with van der Waals surface area (Å²) in [5.41, 5.74) is 6.03. The Kier molecular flexibility index (Phi) is 6.03. The quantitative estimate of drug-likeness (QED) is 0.821. The summed E-state index contributed by atoms with van der Waals surface area (Å²) in [7, 11) is 0. The zero-order valence-corrected chi connectivity index (χ0v) is 14.6. The monoisotopic (exact) mass is 342 g/mol. The van der Waals surface area contributed by atoms with Gasteiger partial charge in [-0.05, 0) is 25.1 Å². The molecule has 2 N–H and O–H groups in total. The third kappa shape index (κ3) is 3.53. The van der Waals surface area contributed by atoms with Gasteiger partial charge in [0.15, 0.2) is 0 Å². The molecule has 1 saturated heterocycles. The molecule has 0 aliphatic carbocycles. The maximum absolute atomic E-state index is 14.4. The molecule has 0 radical (unpaired) electrons. The highest BCUT2D eigenvalue weighted by Gasteiger charge is 2.49. The molecule has 2 aliphatic heterocycles. The van der Waals surface area contributed by atoms with Gasteiger partial charge in [-0.1, -0.05) is 13.8 Å². The van der Waals surface area contributed by atoms with E-state index in [0.717, 1.165) is 10.8 Å². The van der Waals surface area contributed by atoms with Gasteiger partial charge in [-0.15, -0.1) is 11.8 Å². The largest absolute Gasteiger partial charge is 0.399 e. The molecule has 2 aliphatic rings. The minimum atomic E-state index is -0.760. The number of halogens is 2. The van der Waals surface area contributed by atoms with E-state index in [2.05, 4.69) is 0 Å². The molecular formula is C17H24F2N2OS. The van der Waals surface area contributed by atoms with Gasteiger partial charge in [0.25, 0.3) is 0 Å². The third-order valence-corrected chi connectivity index (χ3v) is 5.30. The average Bonchev–Trinajstić information content (AvgIpc) is 2.57. The van der Waals surface area contributed by atoms with Gasteiger partial charge in [-0.25, -0.2) is 8.78 Å². The summed E-state index contributed by atoms with van der Waals surface area (Å²) < 4.78 is 33.1. The van der Waals surface area contributed by atoms with Crippen molar-refractivity contribution in [1.29, 1.82) is 0 Å². The van der Waals surface area contributed by atoms with Crippen molar-refractivity contribution in [2.45, 2.75) is 38.8 Å². The fraction of sp³-hybridized carbons (Fsp3) is 0.588. The summed E-state index contributed by atoms with van der Waals surface area (Å²) in [5.74, 6) is 0.491. The molecule has 0 aromatic heterocycles. The molecule has 3 atom stereocenters. The second-order valence-electron chi connectivity index (χ2n) is 5.62. The van der Waals surface area contributed by atoms with Crippen LogP contribution in [0.5, 0.6) is 0 Å². The molecule has 6 heteroatoms. The zero-order chi connectivity index (χ0) is 17.0. The number of nitrogens with zero attached hydrogens (tertiary/aromatic N) is 1. The Hall–Kier alpha value is -1.14. The van der Waals surface area contributed by atoms with Crippen molar-refractivity contribution in [3.05, 3.63) is 29.6 Å². The summed E-state index contributed by atoms with van der Waals surface area (Å²) in [6.07, 6.45) is -0.186. The van der Waals surface area contributed by atoms with E-state index < -0.39 is 18.3 Å². The van der Waals surface area contributed by atoms with Crippen molar-refractivity contribution in [3.63, 3.8) is 0 Å². The van der Waals surface area contributed by atoms with Crippen molar-refractivity contribution >= 4 is 22.5 Å². The molecule has 0 saturated carbocycles. The molecule has 3 rings (SSSR count). The predicted molar refractivity (Wildman–Crippen MR) is 93.2 cm³/mol. The van der Waals surface area contributed by atoms with Gasteiger partial charge < -0.3 is 10.5 Å². The molecule has 2 heterocycles. The zero-order valence-electron chi connectivity index (χ0n) is 13.8. The smallest absolute Gasteiger partial charge is 0.129 e. The molecule has 1 fully saturated rings. The van der Waals surface area contributed by atoms with Crippen LogP contribution in [0.1, 0.15) is 32.8 Å². The number of hydrogen-bond donors (Lipinski definition) is 1. The number of alkyl halides is 1. The lowest BCUT2D eigenvalue weighted by atomic mass is 9.73. The van der Waals surface area contributed by atoms with Crippen molar-refractivity contribution in [2.24, 2.45) is 10.9 Å². The Labute approximate surface area is 140 Å². The molecule has 0 bridgehead atoms. The predicted octanol–water partition coefficient (Wildman–Crippen LogP) is 4.17. The number of rotatable bonds is 2. The van der Waals surface area contributed by atoms with E-state index in [1.54, 1.807) is 17.8 Å². The van der Waals surface area contributed by atoms with Crippen LogP contribution in [-0.4, -0.2) is 30.2 Å². The van der Waals surface area contributed by atoms with Crippen molar-refractivity contribution in [1.82, 2.24) is 0 Å². The Morgan fingerprint density at radius 2 is 2.17 bits per heavy atom. The first-order valence-corrected chi connectivity index (χ1v) is 8.96. The van der Waals surface area contributed by atoms with Crippen LogP contribution in [0.4, 0.5) is 14.5 Å². The van der Waals surface area contributed by atoms with E-state index in [1.165, 1.54) is 12.1 Å². The van der Waals surface area contributed by atoms with Crippen LogP contribution in [0.2, 0.25) is 0 Å². The molecule has 128 valence electrons. The van der Waals surface area contributed by atoms with Gasteiger partial charge in [0.05, 0.1) is 23.3 Å². The van der Waals surface area contributed by atoms with E-state index >= 15 is 0 Å². The molecule has 3 nitrogen and oxygen atoms in total. The van der Waals surface area contributed by atoms with E-state index in [4.69, 9.17) is 15.5 Å². The number of fused-ring (bicyclic) bond motifs is 1. The normalized spacial score (nSPS) is 29.9. The first kappa shape index (κ1) is 18.2. The molecule has 0 amide bonds. The van der Waals surface area contributed by atoms with Crippen LogP contribution >= 0.6 is 11.8 Å². The number of benzene rings is 1. The van der Waals surface area contributed by atoms with Crippen LogP contribution in [-0.2, 0) is 10.3 Å². The van der Waals surface area contributed by atoms with Crippen LogP contribution in [0.3, 0.4) is 0 Å². The van der Waals surface area contributed by atoms with Gasteiger partial charge in [0.1, 0.15) is 12.5 Å². The molecular weight excluding hydrogens is 318 g/mol. The Balaban J connectivity index is 0.000000924. The highest BCUT2D eigenvalue weighted by atomic mass is 32.2. The number of anilines is 1. The second-order valence-corrected chi connectivity index (χ2v) is 6.83. The topological polar surface area (TPSA) is 47.6 Å². The Morgan fingerprint density at radius 1 is 1.43 bits per heavy atom. The molecule has 1 aromatic carbocycles. The van der Waals surface area contributed by atoms with Crippen LogP contribution < -0.4 is 5.73 Å². The minimum Gasteiger partial charge on any atom is -0.399 e. The van der Waals surface area contributed by atoms with E-state index in [9.17, 15) is 8.78 Å². The lowest BCUT2D eigenvalue weighted by molar-refractivity contribution is -0.0620. The van der Waals surface area contributed by atoms with Crippen LogP contribution in [0.15, 0.2) is 23.2 Å². The van der Waals surface area contributed by atoms with E-state index in [-0.39, 0.29) is 11.7 Å².